The Morgan fingerprint density at radius 3 is 2.00 bits per heavy atom. The molecule has 260 valence electrons. The van der Waals surface area contributed by atoms with Crippen molar-refractivity contribution in [3.63, 3.8) is 0 Å². The van der Waals surface area contributed by atoms with Crippen molar-refractivity contribution in [1.29, 1.82) is 0 Å². The van der Waals surface area contributed by atoms with Crippen LogP contribution in [0.2, 0.25) is 15.1 Å². The van der Waals surface area contributed by atoms with Gasteiger partial charge in [0.05, 0.1) is 24.8 Å². The quantitative estimate of drug-likeness (QED) is 0.153. The van der Waals surface area contributed by atoms with Crippen molar-refractivity contribution in [3.8, 4) is 11.5 Å². The highest BCUT2D eigenvalue weighted by molar-refractivity contribution is 7.92. The molecule has 13 heteroatoms. The van der Waals surface area contributed by atoms with Gasteiger partial charge in [0.15, 0.2) is 11.5 Å². The summed E-state index contributed by atoms with van der Waals surface area (Å²) in [6.07, 6.45) is 0.125. The summed E-state index contributed by atoms with van der Waals surface area (Å²) in [7, 11) is -1.59. The predicted octanol–water partition coefficient (Wildman–Crippen LogP) is 7.41. The van der Waals surface area contributed by atoms with Crippen LogP contribution in [0.5, 0.6) is 11.5 Å². The molecule has 0 spiro atoms. The zero-order chi connectivity index (χ0) is 35.9. The molecule has 2 amide bonds. The number of amides is 2. The van der Waals surface area contributed by atoms with Crippen LogP contribution in [-0.2, 0) is 32.6 Å². The molecular formula is C36H38Cl3N3O6S. The summed E-state index contributed by atoms with van der Waals surface area (Å²) in [5.74, 6) is -0.608. The molecule has 1 unspecified atom stereocenters. The first kappa shape index (κ1) is 37.9. The van der Waals surface area contributed by atoms with Gasteiger partial charge in [-0.3, -0.25) is 13.9 Å². The van der Waals surface area contributed by atoms with Gasteiger partial charge in [0.1, 0.15) is 12.6 Å². The van der Waals surface area contributed by atoms with Gasteiger partial charge in [0, 0.05) is 45.2 Å². The molecule has 9 nitrogen and oxygen atoms in total. The number of benzene rings is 4. The summed E-state index contributed by atoms with van der Waals surface area (Å²) in [5.41, 5.74) is 0.713. The second-order valence-corrected chi connectivity index (χ2v) is 15.3. The van der Waals surface area contributed by atoms with Crippen molar-refractivity contribution in [2.24, 2.45) is 0 Å². The number of anilines is 1. The number of hydrogen-bond donors (Lipinski definition) is 1. The topological polar surface area (TPSA) is 105 Å². The number of ether oxygens (including phenoxy) is 2. The van der Waals surface area contributed by atoms with Crippen molar-refractivity contribution in [3.05, 3.63) is 117 Å². The van der Waals surface area contributed by atoms with Crippen LogP contribution < -0.4 is 19.1 Å². The summed E-state index contributed by atoms with van der Waals surface area (Å²) in [5, 5.41) is 3.93. The van der Waals surface area contributed by atoms with E-state index >= 15 is 0 Å². The van der Waals surface area contributed by atoms with Crippen LogP contribution >= 0.6 is 34.8 Å². The fourth-order valence-electron chi connectivity index (χ4n) is 5.10. The van der Waals surface area contributed by atoms with Gasteiger partial charge in [-0.25, -0.2) is 8.42 Å². The summed E-state index contributed by atoms with van der Waals surface area (Å²) >= 11 is 19.3. The minimum Gasteiger partial charge on any atom is -0.493 e. The van der Waals surface area contributed by atoms with Crippen LogP contribution in [0.1, 0.15) is 31.9 Å². The Labute approximate surface area is 302 Å². The molecule has 4 aromatic rings. The van der Waals surface area contributed by atoms with Crippen molar-refractivity contribution in [2.45, 2.75) is 50.2 Å². The molecule has 1 atom stereocenters. The highest BCUT2D eigenvalue weighted by atomic mass is 35.5. The molecule has 0 aromatic heterocycles. The van der Waals surface area contributed by atoms with E-state index in [1.165, 1.54) is 61.6 Å². The average Bonchev–Trinajstić information content (AvgIpc) is 3.06. The highest BCUT2D eigenvalue weighted by Crippen LogP contribution is 2.33. The maximum atomic E-state index is 14.7. The zero-order valence-electron chi connectivity index (χ0n) is 27.7. The SMILES string of the molecule is COc1ccc(S(=O)(=O)N(CC(=O)N(Cc2c(Cl)cccc2Cl)C(Cc2ccccc2)C(=O)NC(C)(C)C)c2ccc(Cl)cc2)cc1OC. The van der Waals surface area contributed by atoms with Gasteiger partial charge >= 0.3 is 0 Å². The highest BCUT2D eigenvalue weighted by Gasteiger charge is 2.36. The molecule has 0 heterocycles. The first-order valence-corrected chi connectivity index (χ1v) is 17.8. The minimum atomic E-state index is -4.42. The Morgan fingerprint density at radius 1 is 0.816 bits per heavy atom. The summed E-state index contributed by atoms with van der Waals surface area (Å²) in [6.45, 7) is 4.63. The number of rotatable bonds is 13. The molecule has 0 aliphatic heterocycles. The Balaban J connectivity index is 1.87. The van der Waals surface area contributed by atoms with Gasteiger partial charge < -0.3 is 19.7 Å². The molecule has 49 heavy (non-hydrogen) atoms. The van der Waals surface area contributed by atoms with E-state index in [4.69, 9.17) is 44.3 Å². The second kappa shape index (κ2) is 16.2. The van der Waals surface area contributed by atoms with Crippen LogP contribution in [0.4, 0.5) is 5.69 Å². The first-order chi connectivity index (χ1) is 23.1. The maximum Gasteiger partial charge on any atom is 0.264 e. The van der Waals surface area contributed by atoms with Gasteiger partial charge in [-0.2, -0.15) is 0 Å². The Hall–Kier alpha value is -3.96. The van der Waals surface area contributed by atoms with Crippen molar-refractivity contribution in [2.75, 3.05) is 25.1 Å². The Bertz CT molecular complexity index is 1860. The van der Waals surface area contributed by atoms with Gasteiger partial charge in [0.2, 0.25) is 11.8 Å². The van der Waals surface area contributed by atoms with Crippen LogP contribution in [0, 0.1) is 0 Å². The lowest BCUT2D eigenvalue weighted by Crippen LogP contribution is -2.56. The number of carbonyl (C=O) groups excluding carboxylic acids is 2. The van der Waals surface area contributed by atoms with E-state index in [0.29, 0.717) is 16.3 Å². The summed E-state index contributed by atoms with van der Waals surface area (Å²) < 4.78 is 40.4. The number of halogens is 3. The van der Waals surface area contributed by atoms with Gasteiger partial charge in [-0.05, 0) is 74.9 Å². The number of methoxy groups -OCH3 is 2. The molecule has 1 N–H and O–H groups in total. The number of carbonyl (C=O) groups is 2. The molecule has 4 rings (SSSR count). The zero-order valence-corrected chi connectivity index (χ0v) is 30.8. The summed E-state index contributed by atoms with van der Waals surface area (Å²) in [4.78, 5) is 30.0. The fraction of sp³-hybridized carbons (Fsp3) is 0.278. The average molecular weight is 747 g/mol. The van der Waals surface area contributed by atoms with Crippen LogP contribution in [0.15, 0.2) is 95.9 Å². The Morgan fingerprint density at radius 2 is 1.43 bits per heavy atom. The number of hydrogen-bond acceptors (Lipinski definition) is 6. The lowest BCUT2D eigenvalue weighted by molar-refractivity contribution is -0.140. The van der Waals surface area contributed by atoms with Crippen molar-refractivity contribution >= 4 is 62.3 Å². The van der Waals surface area contributed by atoms with Crippen LogP contribution in [-0.4, -0.2) is 57.5 Å². The van der Waals surface area contributed by atoms with Crippen LogP contribution in [0.3, 0.4) is 0 Å². The molecule has 0 saturated heterocycles. The van der Waals surface area contributed by atoms with E-state index in [1.807, 2.05) is 51.1 Å². The lowest BCUT2D eigenvalue weighted by Gasteiger charge is -2.35. The number of nitrogens with one attached hydrogen (secondary N) is 1. The molecule has 4 aromatic carbocycles. The third kappa shape index (κ3) is 9.60. The molecular weight excluding hydrogens is 709 g/mol. The molecule has 0 bridgehead atoms. The fourth-order valence-corrected chi connectivity index (χ4v) is 7.17. The lowest BCUT2D eigenvalue weighted by atomic mass is 10.0. The largest absolute Gasteiger partial charge is 0.493 e. The normalized spacial score (nSPS) is 12.2. The number of nitrogens with zero attached hydrogens (tertiary/aromatic N) is 2. The third-order valence-electron chi connectivity index (χ3n) is 7.50. The van der Waals surface area contributed by atoms with Crippen molar-refractivity contribution < 1.29 is 27.5 Å². The Kier molecular flexibility index (Phi) is 12.5. The van der Waals surface area contributed by atoms with Gasteiger partial charge in [-0.15, -0.1) is 0 Å². The van der Waals surface area contributed by atoms with E-state index < -0.39 is 40.0 Å². The number of sulfonamides is 1. The standard InChI is InChI=1S/C36H38Cl3N3O6S/c1-36(2,3)40-35(44)31(20-24-10-7-6-8-11-24)41(22-28-29(38)12-9-13-30(28)39)34(43)23-42(26-16-14-25(37)15-17-26)49(45,46)27-18-19-32(47-4)33(21-27)48-5/h6-19,21,31H,20,22-23H2,1-5H3,(H,40,44). The molecule has 0 saturated carbocycles. The molecule has 0 radical (unpaired) electrons. The van der Waals surface area contributed by atoms with E-state index in [-0.39, 0.29) is 39.3 Å². The van der Waals surface area contributed by atoms with E-state index in [1.54, 1.807) is 18.2 Å². The van der Waals surface area contributed by atoms with Gasteiger partial charge in [-0.1, -0.05) is 71.2 Å². The van der Waals surface area contributed by atoms with E-state index in [0.717, 1.165) is 9.87 Å². The van der Waals surface area contributed by atoms with Crippen LogP contribution in [0.25, 0.3) is 0 Å². The van der Waals surface area contributed by atoms with E-state index in [2.05, 4.69) is 5.32 Å². The van der Waals surface area contributed by atoms with Gasteiger partial charge in [0.25, 0.3) is 10.0 Å². The summed E-state index contributed by atoms with van der Waals surface area (Å²) in [6, 6.07) is 23.3. The molecule has 0 aliphatic carbocycles. The minimum absolute atomic E-state index is 0.125. The maximum absolute atomic E-state index is 14.7. The first-order valence-electron chi connectivity index (χ1n) is 15.2. The predicted molar refractivity (Wildman–Crippen MR) is 194 cm³/mol. The monoisotopic (exact) mass is 745 g/mol. The van der Waals surface area contributed by atoms with E-state index in [9.17, 15) is 18.0 Å². The third-order valence-corrected chi connectivity index (χ3v) is 10.2. The smallest absolute Gasteiger partial charge is 0.264 e. The molecule has 0 aliphatic rings. The van der Waals surface area contributed by atoms with Crippen molar-refractivity contribution in [1.82, 2.24) is 10.2 Å². The second-order valence-electron chi connectivity index (χ2n) is 12.2. The molecule has 0 fully saturated rings.